The molecule has 3 heteroatoms. The molecule has 2 N–H and O–H groups in total. The van der Waals surface area contributed by atoms with Crippen LogP contribution in [0.3, 0.4) is 0 Å². The van der Waals surface area contributed by atoms with Crippen LogP contribution < -0.4 is 5.73 Å². The molecule has 2 atom stereocenters. The fourth-order valence-corrected chi connectivity index (χ4v) is 3.04. The zero-order chi connectivity index (χ0) is 11.8. The molecule has 0 spiro atoms. The SMILES string of the molecule is CC1CCCN(C(=O)C2(CN)CCC2)C1C. The molecular weight excluding hydrogens is 200 g/mol. The first-order chi connectivity index (χ1) is 7.60. The highest BCUT2D eigenvalue weighted by Gasteiger charge is 2.46. The van der Waals surface area contributed by atoms with E-state index in [1.807, 2.05) is 0 Å². The minimum absolute atomic E-state index is 0.189. The topological polar surface area (TPSA) is 46.3 Å². The summed E-state index contributed by atoms with van der Waals surface area (Å²) < 4.78 is 0. The van der Waals surface area contributed by atoms with E-state index in [2.05, 4.69) is 18.7 Å². The molecule has 16 heavy (non-hydrogen) atoms. The van der Waals surface area contributed by atoms with Gasteiger partial charge in [-0.2, -0.15) is 0 Å². The molecule has 2 rings (SSSR count). The molecule has 1 saturated heterocycles. The average molecular weight is 224 g/mol. The molecule has 1 heterocycles. The summed E-state index contributed by atoms with van der Waals surface area (Å²) >= 11 is 0. The minimum atomic E-state index is -0.189. The lowest BCUT2D eigenvalue weighted by Crippen LogP contribution is -2.56. The van der Waals surface area contributed by atoms with Crippen LogP contribution in [0.5, 0.6) is 0 Å². The molecule has 1 amide bonds. The lowest BCUT2D eigenvalue weighted by Gasteiger charge is -2.47. The minimum Gasteiger partial charge on any atom is -0.339 e. The lowest BCUT2D eigenvalue weighted by molar-refractivity contribution is -0.151. The standard InChI is InChI=1S/C13H24N2O/c1-10-5-3-8-15(11(10)2)12(16)13(9-14)6-4-7-13/h10-11H,3-9,14H2,1-2H3. The Kier molecular flexibility index (Phi) is 3.24. The largest absolute Gasteiger partial charge is 0.339 e. The number of rotatable bonds is 2. The quantitative estimate of drug-likeness (QED) is 0.777. The third-order valence-electron chi connectivity index (χ3n) is 4.79. The Labute approximate surface area is 98.4 Å². The molecule has 92 valence electrons. The molecule has 2 unspecified atom stereocenters. The third-order valence-corrected chi connectivity index (χ3v) is 4.79. The van der Waals surface area contributed by atoms with Gasteiger partial charge in [0.05, 0.1) is 5.41 Å². The van der Waals surface area contributed by atoms with Gasteiger partial charge in [0.15, 0.2) is 0 Å². The molecule has 2 fully saturated rings. The van der Waals surface area contributed by atoms with Crippen molar-refractivity contribution in [2.75, 3.05) is 13.1 Å². The summed E-state index contributed by atoms with van der Waals surface area (Å²) in [7, 11) is 0. The molecule has 1 saturated carbocycles. The van der Waals surface area contributed by atoms with E-state index in [0.717, 1.165) is 25.8 Å². The summed E-state index contributed by atoms with van der Waals surface area (Å²) in [6.07, 6.45) is 5.57. The number of piperidine rings is 1. The van der Waals surface area contributed by atoms with Gasteiger partial charge < -0.3 is 10.6 Å². The Morgan fingerprint density at radius 1 is 1.38 bits per heavy atom. The van der Waals surface area contributed by atoms with Gasteiger partial charge in [0.25, 0.3) is 0 Å². The van der Waals surface area contributed by atoms with E-state index < -0.39 is 0 Å². The predicted octanol–water partition coefficient (Wildman–Crippen LogP) is 1.76. The maximum atomic E-state index is 12.5. The summed E-state index contributed by atoms with van der Waals surface area (Å²) in [6.45, 7) is 5.90. The highest BCUT2D eigenvalue weighted by Crippen LogP contribution is 2.42. The van der Waals surface area contributed by atoms with E-state index in [0.29, 0.717) is 24.4 Å². The summed E-state index contributed by atoms with van der Waals surface area (Å²) in [5.41, 5.74) is 5.62. The van der Waals surface area contributed by atoms with Crippen LogP contribution in [0.1, 0.15) is 46.0 Å². The second-order valence-corrected chi connectivity index (χ2v) is 5.70. The lowest BCUT2D eigenvalue weighted by atomic mass is 9.67. The van der Waals surface area contributed by atoms with Crippen LogP contribution in [-0.2, 0) is 4.79 Å². The van der Waals surface area contributed by atoms with Gasteiger partial charge in [0, 0.05) is 19.1 Å². The first-order valence-corrected chi connectivity index (χ1v) is 6.62. The van der Waals surface area contributed by atoms with Crippen molar-refractivity contribution in [2.24, 2.45) is 17.1 Å². The van der Waals surface area contributed by atoms with Crippen LogP contribution in [0.4, 0.5) is 0 Å². The van der Waals surface area contributed by atoms with Crippen molar-refractivity contribution >= 4 is 5.91 Å². The number of carbonyl (C=O) groups is 1. The van der Waals surface area contributed by atoms with Crippen LogP contribution in [0, 0.1) is 11.3 Å². The Bertz CT molecular complexity index is 268. The number of amides is 1. The van der Waals surface area contributed by atoms with Crippen molar-refractivity contribution < 1.29 is 4.79 Å². The normalized spacial score (nSPS) is 33.3. The second-order valence-electron chi connectivity index (χ2n) is 5.70. The molecule has 0 radical (unpaired) electrons. The zero-order valence-electron chi connectivity index (χ0n) is 10.5. The number of hydrogen-bond acceptors (Lipinski definition) is 2. The fourth-order valence-electron chi connectivity index (χ4n) is 3.04. The maximum Gasteiger partial charge on any atom is 0.230 e. The molecule has 3 nitrogen and oxygen atoms in total. The Morgan fingerprint density at radius 3 is 2.56 bits per heavy atom. The van der Waals surface area contributed by atoms with Gasteiger partial charge in [-0.1, -0.05) is 13.3 Å². The van der Waals surface area contributed by atoms with Gasteiger partial charge in [0.2, 0.25) is 5.91 Å². The van der Waals surface area contributed by atoms with Crippen molar-refractivity contribution in [3.63, 3.8) is 0 Å². The van der Waals surface area contributed by atoms with E-state index in [9.17, 15) is 4.79 Å². The first-order valence-electron chi connectivity index (χ1n) is 6.62. The summed E-state index contributed by atoms with van der Waals surface area (Å²) in [6, 6.07) is 0.394. The van der Waals surface area contributed by atoms with Crippen molar-refractivity contribution in [1.82, 2.24) is 4.90 Å². The van der Waals surface area contributed by atoms with E-state index in [4.69, 9.17) is 5.73 Å². The van der Waals surface area contributed by atoms with Crippen LogP contribution in [0.2, 0.25) is 0 Å². The van der Waals surface area contributed by atoms with E-state index >= 15 is 0 Å². The zero-order valence-corrected chi connectivity index (χ0v) is 10.5. The molecule has 0 aromatic carbocycles. The number of likely N-dealkylation sites (tertiary alicyclic amines) is 1. The smallest absolute Gasteiger partial charge is 0.230 e. The van der Waals surface area contributed by atoms with Crippen LogP contribution in [-0.4, -0.2) is 29.9 Å². The summed E-state index contributed by atoms with van der Waals surface area (Å²) in [5.74, 6) is 0.966. The molecule has 0 aromatic rings. The molecule has 1 aliphatic heterocycles. The third kappa shape index (κ3) is 1.75. The number of nitrogens with zero attached hydrogens (tertiary/aromatic N) is 1. The van der Waals surface area contributed by atoms with Gasteiger partial charge in [-0.15, -0.1) is 0 Å². The Hall–Kier alpha value is -0.570. The van der Waals surface area contributed by atoms with Crippen LogP contribution in [0.25, 0.3) is 0 Å². The molecule has 2 aliphatic rings. The number of nitrogens with two attached hydrogens (primary N) is 1. The van der Waals surface area contributed by atoms with Gasteiger partial charge in [0.1, 0.15) is 0 Å². The van der Waals surface area contributed by atoms with E-state index in [-0.39, 0.29) is 5.41 Å². The van der Waals surface area contributed by atoms with E-state index in [1.165, 1.54) is 12.8 Å². The van der Waals surface area contributed by atoms with Gasteiger partial charge in [-0.05, 0) is 38.5 Å². The van der Waals surface area contributed by atoms with Gasteiger partial charge >= 0.3 is 0 Å². The monoisotopic (exact) mass is 224 g/mol. The van der Waals surface area contributed by atoms with Gasteiger partial charge in [-0.3, -0.25) is 4.79 Å². The second kappa shape index (κ2) is 4.36. The fraction of sp³-hybridized carbons (Fsp3) is 0.923. The highest BCUT2D eigenvalue weighted by molar-refractivity contribution is 5.84. The van der Waals surface area contributed by atoms with Crippen LogP contribution >= 0.6 is 0 Å². The average Bonchev–Trinajstić information content (AvgIpc) is 2.21. The van der Waals surface area contributed by atoms with Crippen molar-refractivity contribution in [1.29, 1.82) is 0 Å². The van der Waals surface area contributed by atoms with Crippen LogP contribution in [0.15, 0.2) is 0 Å². The molecular formula is C13H24N2O. The number of hydrogen-bond donors (Lipinski definition) is 1. The molecule has 1 aliphatic carbocycles. The maximum absolute atomic E-state index is 12.5. The van der Waals surface area contributed by atoms with E-state index in [1.54, 1.807) is 0 Å². The molecule has 0 aromatic heterocycles. The van der Waals surface area contributed by atoms with Crippen molar-refractivity contribution in [3.8, 4) is 0 Å². The highest BCUT2D eigenvalue weighted by atomic mass is 16.2. The predicted molar refractivity (Wildman–Crippen MR) is 64.9 cm³/mol. The number of carbonyl (C=O) groups excluding carboxylic acids is 1. The summed E-state index contributed by atoms with van der Waals surface area (Å²) in [5, 5.41) is 0. The van der Waals surface area contributed by atoms with Crippen molar-refractivity contribution in [3.05, 3.63) is 0 Å². The first kappa shape index (κ1) is 11.9. The Morgan fingerprint density at radius 2 is 2.06 bits per heavy atom. The Balaban J connectivity index is 2.08. The summed E-state index contributed by atoms with van der Waals surface area (Å²) in [4.78, 5) is 14.6. The van der Waals surface area contributed by atoms with Gasteiger partial charge in [-0.25, -0.2) is 0 Å². The van der Waals surface area contributed by atoms with Crippen molar-refractivity contribution in [2.45, 2.75) is 52.0 Å². The molecule has 0 bridgehead atoms.